The van der Waals surface area contributed by atoms with E-state index in [1.165, 1.54) is 0 Å². The molecule has 0 saturated heterocycles. The first-order valence-corrected chi connectivity index (χ1v) is 3.40. The van der Waals surface area contributed by atoms with Crippen LogP contribution >= 0.6 is 0 Å². The molecule has 1 aromatic rings. The van der Waals surface area contributed by atoms with Gasteiger partial charge in [-0.15, -0.1) is 0 Å². The summed E-state index contributed by atoms with van der Waals surface area (Å²) in [4.78, 5) is 0. The minimum Gasteiger partial charge on any atom is -0.508 e. The average Bonchev–Trinajstić information content (AvgIpc) is 1.88. The molecule has 1 heteroatoms. The van der Waals surface area contributed by atoms with E-state index in [1.54, 1.807) is 12.1 Å². The second-order valence-corrected chi connectivity index (χ2v) is 2.27. The molecule has 0 fully saturated rings. The van der Waals surface area contributed by atoms with Crippen molar-refractivity contribution in [2.75, 3.05) is 0 Å². The van der Waals surface area contributed by atoms with Gasteiger partial charge in [0.05, 0.1) is 0 Å². The number of aromatic hydroxyl groups is 1. The first-order valence-electron chi connectivity index (χ1n) is 3.40. The van der Waals surface area contributed by atoms with Crippen LogP contribution in [0.3, 0.4) is 0 Å². The van der Waals surface area contributed by atoms with Gasteiger partial charge in [0.2, 0.25) is 0 Å². The van der Waals surface area contributed by atoms with Gasteiger partial charge in [0.25, 0.3) is 0 Å². The fourth-order valence-corrected chi connectivity index (χ4v) is 0.916. The molecule has 0 unspecified atom stereocenters. The highest BCUT2D eigenvalue weighted by Gasteiger charge is 1.90. The van der Waals surface area contributed by atoms with E-state index in [0.717, 1.165) is 18.4 Å². The van der Waals surface area contributed by atoms with Crippen molar-refractivity contribution in [1.29, 1.82) is 0 Å². The van der Waals surface area contributed by atoms with Gasteiger partial charge in [-0.1, -0.05) is 19.1 Å². The van der Waals surface area contributed by atoms with Crippen molar-refractivity contribution in [3.63, 3.8) is 0 Å². The molecular weight excluding hydrogens is 124 g/mol. The minimum absolute atomic E-state index is 0.339. The molecule has 0 heterocycles. The molecule has 53 valence electrons. The van der Waals surface area contributed by atoms with Crippen molar-refractivity contribution in [3.8, 4) is 5.75 Å². The molecule has 0 bridgehead atoms. The lowest BCUT2D eigenvalue weighted by atomic mass is 10.1. The lowest BCUT2D eigenvalue weighted by Crippen LogP contribution is -1.80. The van der Waals surface area contributed by atoms with Gasteiger partial charge in [0, 0.05) is 0 Å². The average molecular weight is 135 g/mol. The van der Waals surface area contributed by atoms with E-state index in [4.69, 9.17) is 5.11 Å². The molecule has 1 rings (SSSR count). The summed E-state index contributed by atoms with van der Waals surface area (Å²) in [5.74, 6) is 0.339. The van der Waals surface area contributed by atoms with Crippen molar-refractivity contribution >= 4 is 0 Å². The SMILES string of the molecule is [CH2]CCc1cccc(O)c1. The molecule has 1 radical (unpaired) electrons. The second kappa shape index (κ2) is 3.25. The van der Waals surface area contributed by atoms with E-state index in [1.807, 2.05) is 12.1 Å². The summed E-state index contributed by atoms with van der Waals surface area (Å²) in [5, 5.41) is 9.02. The van der Waals surface area contributed by atoms with Gasteiger partial charge < -0.3 is 5.11 Å². The van der Waals surface area contributed by atoms with E-state index in [-0.39, 0.29) is 0 Å². The molecule has 0 atom stereocenters. The topological polar surface area (TPSA) is 20.2 Å². The first kappa shape index (κ1) is 7.13. The number of aryl methyl sites for hydroxylation is 1. The Hall–Kier alpha value is -0.980. The molecule has 1 N–H and O–H groups in total. The Labute approximate surface area is 61.3 Å². The van der Waals surface area contributed by atoms with Crippen LogP contribution in [-0.4, -0.2) is 5.11 Å². The fraction of sp³-hybridized carbons (Fsp3) is 0.222. The third-order valence-corrected chi connectivity index (χ3v) is 1.38. The van der Waals surface area contributed by atoms with Crippen molar-refractivity contribution in [2.24, 2.45) is 0 Å². The summed E-state index contributed by atoms with van der Waals surface area (Å²) in [6.07, 6.45) is 1.82. The zero-order valence-corrected chi connectivity index (χ0v) is 5.88. The summed E-state index contributed by atoms with van der Waals surface area (Å²) in [7, 11) is 0. The van der Waals surface area contributed by atoms with Gasteiger partial charge in [-0.2, -0.15) is 0 Å². The normalized spacial score (nSPS) is 9.70. The number of benzene rings is 1. The van der Waals surface area contributed by atoms with Crippen LogP contribution in [0.5, 0.6) is 5.75 Å². The predicted molar refractivity (Wildman–Crippen MR) is 41.8 cm³/mol. The Bertz CT molecular complexity index is 206. The molecule has 0 amide bonds. The van der Waals surface area contributed by atoms with Crippen molar-refractivity contribution in [2.45, 2.75) is 12.8 Å². The molecule has 0 spiro atoms. The Balaban J connectivity index is 2.75. The van der Waals surface area contributed by atoms with Gasteiger partial charge in [0.1, 0.15) is 5.75 Å². The van der Waals surface area contributed by atoms with Crippen LogP contribution in [0.4, 0.5) is 0 Å². The van der Waals surface area contributed by atoms with E-state index in [0.29, 0.717) is 5.75 Å². The highest BCUT2D eigenvalue weighted by Crippen LogP contribution is 2.11. The molecule has 0 aromatic heterocycles. The van der Waals surface area contributed by atoms with Crippen LogP contribution in [0.1, 0.15) is 12.0 Å². The number of hydrogen-bond acceptors (Lipinski definition) is 1. The van der Waals surface area contributed by atoms with Crippen LogP contribution < -0.4 is 0 Å². The third kappa shape index (κ3) is 1.76. The van der Waals surface area contributed by atoms with Crippen molar-refractivity contribution < 1.29 is 5.11 Å². The molecular formula is C9H11O. The van der Waals surface area contributed by atoms with Crippen LogP contribution in [0.2, 0.25) is 0 Å². The molecule has 1 nitrogen and oxygen atoms in total. The van der Waals surface area contributed by atoms with Gasteiger partial charge >= 0.3 is 0 Å². The summed E-state index contributed by atoms with van der Waals surface area (Å²) in [5.41, 5.74) is 1.15. The van der Waals surface area contributed by atoms with E-state index < -0.39 is 0 Å². The quantitative estimate of drug-likeness (QED) is 0.658. The molecule has 1 aromatic carbocycles. The molecule has 0 saturated carbocycles. The van der Waals surface area contributed by atoms with Gasteiger partial charge in [-0.25, -0.2) is 0 Å². The summed E-state index contributed by atoms with van der Waals surface area (Å²) in [6, 6.07) is 7.28. The molecule has 10 heavy (non-hydrogen) atoms. The van der Waals surface area contributed by atoms with E-state index in [9.17, 15) is 0 Å². The van der Waals surface area contributed by atoms with Crippen molar-refractivity contribution in [1.82, 2.24) is 0 Å². The monoisotopic (exact) mass is 135 g/mol. The summed E-state index contributed by atoms with van der Waals surface area (Å²) in [6.45, 7) is 3.73. The van der Waals surface area contributed by atoms with Gasteiger partial charge in [-0.3, -0.25) is 0 Å². The summed E-state index contributed by atoms with van der Waals surface area (Å²) >= 11 is 0. The van der Waals surface area contributed by atoms with Gasteiger partial charge in [-0.05, 0) is 30.5 Å². The van der Waals surface area contributed by atoms with E-state index in [2.05, 4.69) is 6.92 Å². The van der Waals surface area contributed by atoms with Crippen LogP contribution in [-0.2, 0) is 6.42 Å². The first-order chi connectivity index (χ1) is 4.83. The standard InChI is InChI=1S/C9H11O/c1-2-4-8-5-3-6-9(10)7-8/h3,5-7,10H,1-2,4H2. The number of hydrogen-bond donors (Lipinski definition) is 1. The van der Waals surface area contributed by atoms with Crippen LogP contribution in [0, 0.1) is 6.92 Å². The maximum Gasteiger partial charge on any atom is 0.115 e. The minimum atomic E-state index is 0.339. The Morgan fingerprint density at radius 2 is 2.20 bits per heavy atom. The van der Waals surface area contributed by atoms with Gasteiger partial charge in [0.15, 0.2) is 0 Å². The highest BCUT2D eigenvalue weighted by atomic mass is 16.3. The zero-order valence-electron chi connectivity index (χ0n) is 5.88. The summed E-state index contributed by atoms with van der Waals surface area (Å²) < 4.78 is 0. The van der Waals surface area contributed by atoms with E-state index >= 15 is 0 Å². The maximum absolute atomic E-state index is 9.02. The highest BCUT2D eigenvalue weighted by molar-refractivity contribution is 5.27. The smallest absolute Gasteiger partial charge is 0.115 e. The second-order valence-electron chi connectivity index (χ2n) is 2.27. The Morgan fingerprint density at radius 3 is 2.80 bits per heavy atom. The van der Waals surface area contributed by atoms with Crippen LogP contribution in [0.25, 0.3) is 0 Å². The molecule has 0 aliphatic heterocycles. The number of phenols is 1. The fourth-order valence-electron chi connectivity index (χ4n) is 0.916. The molecule has 0 aliphatic carbocycles. The predicted octanol–water partition coefficient (Wildman–Crippen LogP) is 2.16. The van der Waals surface area contributed by atoms with Crippen molar-refractivity contribution in [3.05, 3.63) is 36.8 Å². The zero-order chi connectivity index (χ0) is 7.40. The van der Waals surface area contributed by atoms with Crippen LogP contribution in [0.15, 0.2) is 24.3 Å². The third-order valence-electron chi connectivity index (χ3n) is 1.38. The maximum atomic E-state index is 9.02. The lowest BCUT2D eigenvalue weighted by Gasteiger charge is -1.97. The molecule has 0 aliphatic rings. The lowest BCUT2D eigenvalue weighted by molar-refractivity contribution is 0.474. The Morgan fingerprint density at radius 1 is 1.40 bits per heavy atom. The number of phenolic OH excluding ortho intramolecular Hbond substituents is 1. The largest absolute Gasteiger partial charge is 0.508 e. The Kier molecular flexibility index (Phi) is 2.32. The number of rotatable bonds is 2.